The Hall–Kier alpha value is -1.49. The van der Waals surface area contributed by atoms with Gasteiger partial charge < -0.3 is 5.11 Å². The molecule has 44 valence electrons. The molecule has 0 aliphatic heterocycles. The number of nitrogens with zero attached hydrogens (tertiary/aromatic N) is 1. The molecule has 0 aliphatic carbocycles. The highest BCUT2D eigenvalue weighted by molar-refractivity contribution is 5.33. The lowest BCUT2D eigenvalue weighted by molar-refractivity contribution is 0.472. The van der Waals surface area contributed by atoms with Gasteiger partial charge in [0.15, 0.2) is 0 Å². The molecule has 0 aromatic carbocycles. The van der Waals surface area contributed by atoms with Crippen molar-refractivity contribution >= 4 is 0 Å². The smallest absolute Gasteiger partial charge is 0.135 e. The molecule has 0 amide bonds. The molecular formula is C7H5NO. The largest absolute Gasteiger partial charge is 0.506 e. The number of aromatic nitrogens is 1. The molecular weight excluding hydrogens is 114 g/mol. The molecule has 0 aliphatic rings. The summed E-state index contributed by atoms with van der Waals surface area (Å²) in [4.78, 5) is 3.66. The van der Waals surface area contributed by atoms with Crippen molar-refractivity contribution in [3.05, 3.63) is 24.0 Å². The van der Waals surface area contributed by atoms with Crippen LogP contribution in [-0.2, 0) is 0 Å². The fourth-order valence-electron chi connectivity index (χ4n) is 0.507. The zero-order chi connectivity index (χ0) is 6.69. The number of aromatic hydroxyl groups is 1. The van der Waals surface area contributed by atoms with Gasteiger partial charge in [0.25, 0.3) is 0 Å². The van der Waals surface area contributed by atoms with Gasteiger partial charge in [0.2, 0.25) is 0 Å². The van der Waals surface area contributed by atoms with Crippen LogP contribution < -0.4 is 0 Å². The Morgan fingerprint density at radius 2 is 2.33 bits per heavy atom. The van der Waals surface area contributed by atoms with E-state index in [0.29, 0.717) is 5.56 Å². The van der Waals surface area contributed by atoms with E-state index in [-0.39, 0.29) is 5.75 Å². The van der Waals surface area contributed by atoms with Gasteiger partial charge in [-0.2, -0.15) is 0 Å². The molecule has 0 saturated carbocycles. The van der Waals surface area contributed by atoms with Crippen LogP contribution in [0.5, 0.6) is 5.75 Å². The summed E-state index contributed by atoms with van der Waals surface area (Å²) >= 11 is 0. The van der Waals surface area contributed by atoms with E-state index in [1.165, 1.54) is 18.5 Å². The van der Waals surface area contributed by atoms with Crippen LogP contribution in [0.3, 0.4) is 0 Å². The SMILES string of the molecule is C#Cc1cncc(O)c1. The van der Waals surface area contributed by atoms with E-state index in [4.69, 9.17) is 11.5 Å². The van der Waals surface area contributed by atoms with E-state index < -0.39 is 0 Å². The first-order valence-corrected chi connectivity index (χ1v) is 2.43. The van der Waals surface area contributed by atoms with Crippen LogP contribution in [0.25, 0.3) is 0 Å². The average Bonchev–Trinajstić information content (AvgIpc) is 1.88. The first kappa shape index (κ1) is 5.64. The molecule has 9 heavy (non-hydrogen) atoms. The summed E-state index contributed by atoms with van der Waals surface area (Å²) in [5, 5.41) is 8.79. The van der Waals surface area contributed by atoms with Gasteiger partial charge in [-0.3, -0.25) is 4.98 Å². The van der Waals surface area contributed by atoms with Crippen LogP contribution in [0.15, 0.2) is 18.5 Å². The Kier molecular flexibility index (Phi) is 1.37. The lowest BCUT2D eigenvalue weighted by Crippen LogP contribution is -1.74. The fourth-order valence-corrected chi connectivity index (χ4v) is 0.507. The van der Waals surface area contributed by atoms with Crippen molar-refractivity contribution in [2.75, 3.05) is 0 Å². The predicted octanol–water partition coefficient (Wildman–Crippen LogP) is 0.768. The molecule has 1 aromatic heterocycles. The average molecular weight is 119 g/mol. The van der Waals surface area contributed by atoms with Crippen molar-refractivity contribution in [2.24, 2.45) is 0 Å². The number of hydrogen-bond acceptors (Lipinski definition) is 2. The highest BCUT2D eigenvalue weighted by atomic mass is 16.3. The minimum absolute atomic E-state index is 0.102. The predicted molar refractivity (Wildman–Crippen MR) is 33.8 cm³/mol. The summed E-state index contributed by atoms with van der Waals surface area (Å²) in [7, 11) is 0. The van der Waals surface area contributed by atoms with Gasteiger partial charge in [-0.15, -0.1) is 6.42 Å². The third-order valence-electron chi connectivity index (χ3n) is 0.890. The lowest BCUT2D eigenvalue weighted by Gasteiger charge is -1.88. The zero-order valence-electron chi connectivity index (χ0n) is 4.70. The van der Waals surface area contributed by atoms with Gasteiger partial charge in [-0.05, 0) is 6.07 Å². The lowest BCUT2D eigenvalue weighted by atomic mass is 10.3. The molecule has 1 rings (SSSR count). The summed E-state index contributed by atoms with van der Waals surface area (Å²) in [6, 6.07) is 1.48. The van der Waals surface area contributed by atoms with Crippen LogP contribution in [0.2, 0.25) is 0 Å². The third-order valence-corrected chi connectivity index (χ3v) is 0.890. The summed E-state index contributed by atoms with van der Waals surface area (Å²) in [5.41, 5.74) is 0.593. The topological polar surface area (TPSA) is 33.1 Å². The highest BCUT2D eigenvalue weighted by Crippen LogP contribution is 2.05. The van der Waals surface area contributed by atoms with E-state index >= 15 is 0 Å². The van der Waals surface area contributed by atoms with E-state index in [1.54, 1.807) is 0 Å². The molecule has 1 N–H and O–H groups in total. The Morgan fingerprint density at radius 1 is 1.56 bits per heavy atom. The molecule has 1 heterocycles. The van der Waals surface area contributed by atoms with Gasteiger partial charge in [0.05, 0.1) is 6.20 Å². The number of rotatable bonds is 0. The van der Waals surface area contributed by atoms with Gasteiger partial charge >= 0.3 is 0 Å². The van der Waals surface area contributed by atoms with Crippen molar-refractivity contribution in [3.63, 3.8) is 0 Å². The summed E-state index contributed by atoms with van der Waals surface area (Å²) in [6.07, 6.45) is 7.87. The summed E-state index contributed by atoms with van der Waals surface area (Å²) in [5.74, 6) is 2.45. The maximum absolute atomic E-state index is 8.79. The second-order valence-corrected chi connectivity index (χ2v) is 1.58. The first-order valence-electron chi connectivity index (χ1n) is 2.43. The van der Waals surface area contributed by atoms with Crippen LogP contribution in [0, 0.1) is 12.3 Å². The Balaban J connectivity index is 3.12. The van der Waals surface area contributed by atoms with Crippen LogP contribution in [0.1, 0.15) is 5.56 Å². The monoisotopic (exact) mass is 119 g/mol. The Morgan fingerprint density at radius 3 is 2.78 bits per heavy atom. The number of pyridine rings is 1. The van der Waals surface area contributed by atoms with Crippen molar-refractivity contribution in [1.29, 1.82) is 0 Å². The minimum atomic E-state index is 0.102. The molecule has 0 saturated heterocycles. The van der Waals surface area contributed by atoms with Gasteiger partial charge in [0.1, 0.15) is 5.75 Å². The molecule has 0 bridgehead atoms. The highest BCUT2D eigenvalue weighted by Gasteiger charge is 1.87. The summed E-state index contributed by atoms with van der Waals surface area (Å²) in [6.45, 7) is 0. The third kappa shape index (κ3) is 1.20. The van der Waals surface area contributed by atoms with Crippen molar-refractivity contribution in [2.45, 2.75) is 0 Å². The second kappa shape index (κ2) is 2.19. The van der Waals surface area contributed by atoms with Gasteiger partial charge in [0, 0.05) is 11.8 Å². The molecule has 0 spiro atoms. The van der Waals surface area contributed by atoms with Crippen molar-refractivity contribution in [1.82, 2.24) is 4.98 Å². The molecule has 0 radical (unpaired) electrons. The number of terminal acetylenes is 1. The summed E-state index contributed by atoms with van der Waals surface area (Å²) < 4.78 is 0. The van der Waals surface area contributed by atoms with Crippen molar-refractivity contribution in [3.8, 4) is 18.1 Å². The molecule has 0 unspecified atom stereocenters. The normalized spacial score (nSPS) is 8.33. The molecule has 0 fully saturated rings. The van der Waals surface area contributed by atoms with Gasteiger partial charge in [-0.1, -0.05) is 5.92 Å². The second-order valence-electron chi connectivity index (χ2n) is 1.58. The fraction of sp³-hybridized carbons (Fsp3) is 0. The quantitative estimate of drug-likeness (QED) is 0.511. The molecule has 1 aromatic rings. The van der Waals surface area contributed by atoms with E-state index in [9.17, 15) is 0 Å². The van der Waals surface area contributed by atoms with Crippen molar-refractivity contribution < 1.29 is 5.11 Å². The number of hydrogen-bond donors (Lipinski definition) is 1. The first-order chi connectivity index (χ1) is 4.33. The van der Waals surface area contributed by atoms with E-state index in [0.717, 1.165) is 0 Å². The maximum Gasteiger partial charge on any atom is 0.135 e. The Bertz CT molecular complexity index is 249. The van der Waals surface area contributed by atoms with Crippen LogP contribution in [-0.4, -0.2) is 10.1 Å². The maximum atomic E-state index is 8.79. The van der Waals surface area contributed by atoms with Crippen LogP contribution in [0.4, 0.5) is 0 Å². The molecule has 2 nitrogen and oxygen atoms in total. The molecule has 0 atom stereocenters. The van der Waals surface area contributed by atoms with E-state index in [1.807, 2.05) is 0 Å². The van der Waals surface area contributed by atoms with Gasteiger partial charge in [-0.25, -0.2) is 0 Å². The van der Waals surface area contributed by atoms with E-state index in [2.05, 4.69) is 10.9 Å². The Labute approximate surface area is 53.2 Å². The zero-order valence-corrected chi connectivity index (χ0v) is 4.70. The minimum Gasteiger partial charge on any atom is -0.506 e. The standard InChI is InChI=1S/C7H5NO/c1-2-6-3-7(9)5-8-4-6/h1,3-5,9H. The van der Waals surface area contributed by atoms with Crippen LogP contribution >= 0.6 is 0 Å². The molecule has 2 heteroatoms.